The number of unbranched alkanes of at least 4 members (excludes halogenated alkanes) is 1. The van der Waals surface area contributed by atoms with Gasteiger partial charge in [-0.25, -0.2) is 4.98 Å². The van der Waals surface area contributed by atoms with Gasteiger partial charge in [-0.1, -0.05) is 24.7 Å². The summed E-state index contributed by atoms with van der Waals surface area (Å²) in [6, 6.07) is 0. The van der Waals surface area contributed by atoms with Gasteiger partial charge in [0.1, 0.15) is 4.88 Å². The Labute approximate surface area is 153 Å². The van der Waals surface area contributed by atoms with Gasteiger partial charge >= 0.3 is 0 Å². The Balaban J connectivity index is 1.72. The second-order valence-corrected chi connectivity index (χ2v) is 8.50. The standard InChI is InChI=1S/C18H28N4O2S/c1-3-4-9-21-11-18(8-6-14(21)23)7-5-10-22(12-18)16(24)15-13(2)20-17(19)25-15/h3-12H2,1-2H3,(H2,19,20). The molecule has 7 heteroatoms. The number of nitrogen functional groups attached to an aromatic ring is 1. The Bertz CT molecular complexity index is 660. The van der Waals surface area contributed by atoms with Crippen molar-refractivity contribution in [3.63, 3.8) is 0 Å². The second kappa shape index (κ2) is 7.32. The molecule has 2 N–H and O–H groups in total. The Morgan fingerprint density at radius 2 is 2.16 bits per heavy atom. The van der Waals surface area contributed by atoms with E-state index in [0.717, 1.165) is 64.0 Å². The van der Waals surface area contributed by atoms with Crippen LogP contribution in [0.3, 0.4) is 0 Å². The number of rotatable bonds is 4. The van der Waals surface area contributed by atoms with Crippen LogP contribution in [0.5, 0.6) is 0 Å². The van der Waals surface area contributed by atoms with Crippen molar-refractivity contribution in [2.75, 3.05) is 31.9 Å². The fourth-order valence-corrected chi connectivity index (χ4v) is 4.93. The molecule has 1 unspecified atom stereocenters. The maximum absolute atomic E-state index is 12.9. The van der Waals surface area contributed by atoms with Gasteiger partial charge in [0.2, 0.25) is 5.91 Å². The largest absolute Gasteiger partial charge is 0.375 e. The first-order valence-electron chi connectivity index (χ1n) is 9.24. The van der Waals surface area contributed by atoms with Gasteiger partial charge in [0.05, 0.1) is 5.69 Å². The zero-order valence-corrected chi connectivity index (χ0v) is 16.0. The number of aryl methyl sites for hydroxylation is 1. The first-order valence-corrected chi connectivity index (χ1v) is 10.1. The number of nitrogens with two attached hydrogens (primary N) is 1. The summed E-state index contributed by atoms with van der Waals surface area (Å²) in [5, 5.41) is 0.446. The monoisotopic (exact) mass is 364 g/mol. The number of anilines is 1. The minimum atomic E-state index is 0.0442. The summed E-state index contributed by atoms with van der Waals surface area (Å²) in [7, 11) is 0. The molecular formula is C18H28N4O2S. The summed E-state index contributed by atoms with van der Waals surface area (Å²) in [5.74, 6) is 0.316. The molecule has 6 nitrogen and oxygen atoms in total. The summed E-state index contributed by atoms with van der Waals surface area (Å²) in [6.45, 7) is 7.13. The third-order valence-electron chi connectivity index (χ3n) is 5.49. The van der Waals surface area contributed by atoms with Gasteiger partial charge in [0.25, 0.3) is 5.91 Å². The highest BCUT2D eigenvalue weighted by atomic mass is 32.1. The Hall–Kier alpha value is -1.63. The predicted molar refractivity (Wildman–Crippen MR) is 99.6 cm³/mol. The van der Waals surface area contributed by atoms with E-state index >= 15 is 0 Å². The highest BCUT2D eigenvalue weighted by molar-refractivity contribution is 7.17. The van der Waals surface area contributed by atoms with Crippen molar-refractivity contribution in [1.29, 1.82) is 0 Å². The van der Waals surface area contributed by atoms with Crippen molar-refractivity contribution in [2.45, 2.75) is 52.4 Å². The molecule has 3 rings (SSSR count). The summed E-state index contributed by atoms with van der Waals surface area (Å²) < 4.78 is 0. The van der Waals surface area contributed by atoms with Crippen molar-refractivity contribution in [1.82, 2.24) is 14.8 Å². The molecule has 2 aliphatic rings. The van der Waals surface area contributed by atoms with Gasteiger partial charge in [-0.3, -0.25) is 9.59 Å². The van der Waals surface area contributed by atoms with Crippen LogP contribution in [-0.4, -0.2) is 52.8 Å². The number of thiazole rings is 1. The number of carbonyl (C=O) groups excluding carboxylic acids is 2. The minimum absolute atomic E-state index is 0.0442. The smallest absolute Gasteiger partial charge is 0.265 e. The molecule has 138 valence electrons. The lowest BCUT2D eigenvalue weighted by atomic mass is 9.73. The lowest BCUT2D eigenvalue weighted by molar-refractivity contribution is -0.139. The lowest BCUT2D eigenvalue weighted by Gasteiger charge is -2.48. The molecule has 0 saturated carbocycles. The van der Waals surface area contributed by atoms with Crippen LogP contribution in [0.4, 0.5) is 5.13 Å². The van der Waals surface area contributed by atoms with Crippen molar-refractivity contribution in [3.8, 4) is 0 Å². The average Bonchev–Trinajstić information content (AvgIpc) is 2.94. The number of amides is 2. The summed E-state index contributed by atoms with van der Waals surface area (Å²) >= 11 is 1.27. The van der Waals surface area contributed by atoms with Gasteiger partial charge in [0.15, 0.2) is 5.13 Å². The number of nitrogens with zero attached hydrogens (tertiary/aromatic N) is 3. The molecule has 1 atom stereocenters. The molecule has 2 amide bonds. The Morgan fingerprint density at radius 3 is 2.84 bits per heavy atom. The summed E-state index contributed by atoms with van der Waals surface area (Å²) in [5.41, 5.74) is 6.53. The van der Waals surface area contributed by atoms with Crippen LogP contribution in [0.1, 0.15) is 60.8 Å². The fraction of sp³-hybridized carbons (Fsp3) is 0.722. The van der Waals surface area contributed by atoms with E-state index in [1.807, 2.05) is 16.7 Å². The first kappa shape index (κ1) is 18.2. The number of aromatic nitrogens is 1. The van der Waals surface area contributed by atoms with E-state index in [4.69, 9.17) is 5.73 Å². The molecule has 0 bridgehead atoms. The van der Waals surface area contributed by atoms with Crippen molar-refractivity contribution in [2.24, 2.45) is 5.41 Å². The average molecular weight is 365 g/mol. The highest BCUT2D eigenvalue weighted by Crippen LogP contribution is 2.39. The van der Waals surface area contributed by atoms with E-state index in [1.54, 1.807) is 0 Å². The Kier molecular flexibility index (Phi) is 5.32. The molecule has 0 aliphatic carbocycles. The number of piperidine rings is 2. The second-order valence-electron chi connectivity index (χ2n) is 7.47. The van der Waals surface area contributed by atoms with E-state index in [0.29, 0.717) is 16.4 Å². The molecule has 1 spiro atoms. The third-order valence-corrected chi connectivity index (χ3v) is 6.46. The number of carbonyl (C=O) groups is 2. The van der Waals surface area contributed by atoms with Crippen LogP contribution < -0.4 is 5.73 Å². The molecule has 25 heavy (non-hydrogen) atoms. The van der Waals surface area contributed by atoms with Gasteiger partial charge in [-0.2, -0.15) is 0 Å². The number of hydrogen-bond acceptors (Lipinski definition) is 5. The molecule has 2 fully saturated rings. The van der Waals surface area contributed by atoms with Gasteiger partial charge in [-0.15, -0.1) is 0 Å². The third kappa shape index (κ3) is 3.81. The summed E-state index contributed by atoms with van der Waals surface area (Å²) in [6.07, 6.45) is 5.73. The minimum Gasteiger partial charge on any atom is -0.375 e. The van der Waals surface area contributed by atoms with Gasteiger partial charge in [0, 0.05) is 38.0 Å². The molecule has 3 heterocycles. The SMILES string of the molecule is CCCCN1CC2(CCCN(C(=O)c3sc(N)nc3C)C2)CCC1=O. The van der Waals surface area contributed by atoms with Crippen LogP contribution in [0, 0.1) is 12.3 Å². The highest BCUT2D eigenvalue weighted by Gasteiger charge is 2.43. The van der Waals surface area contributed by atoms with Crippen LogP contribution in [0.2, 0.25) is 0 Å². The molecule has 0 aromatic carbocycles. The Morgan fingerprint density at radius 1 is 1.36 bits per heavy atom. The lowest BCUT2D eigenvalue weighted by Crippen LogP contribution is -2.55. The number of hydrogen-bond donors (Lipinski definition) is 1. The maximum Gasteiger partial charge on any atom is 0.265 e. The van der Waals surface area contributed by atoms with Crippen LogP contribution in [0.15, 0.2) is 0 Å². The van der Waals surface area contributed by atoms with Gasteiger partial charge < -0.3 is 15.5 Å². The predicted octanol–water partition coefficient (Wildman–Crippen LogP) is 2.68. The van der Waals surface area contributed by atoms with Crippen molar-refractivity contribution >= 4 is 28.3 Å². The molecule has 2 aliphatic heterocycles. The van der Waals surface area contributed by atoms with Crippen molar-refractivity contribution in [3.05, 3.63) is 10.6 Å². The zero-order chi connectivity index (χ0) is 18.0. The van der Waals surface area contributed by atoms with E-state index in [2.05, 4.69) is 11.9 Å². The van der Waals surface area contributed by atoms with E-state index in [9.17, 15) is 9.59 Å². The zero-order valence-electron chi connectivity index (χ0n) is 15.2. The van der Waals surface area contributed by atoms with E-state index in [1.165, 1.54) is 11.3 Å². The molecule has 0 radical (unpaired) electrons. The molecule has 1 aromatic rings. The molecular weight excluding hydrogens is 336 g/mol. The maximum atomic E-state index is 12.9. The quantitative estimate of drug-likeness (QED) is 0.891. The van der Waals surface area contributed by atoms with E-state index < -0.39 is 0 Å². The topological polar surface area (TPSA) is 79.5 Å². The van der Waals surface area contributed by atoms with Crippen molar-refractivity contribution < 1.29 is 9.59 Å². The van der Waals surface area contributed by atoms with E-state index in [-0.39, 0.29) is 17.2 Å². The molecule has 2 saturated heterocycles. The van der Waals surface area contributed by atoms with Crippen LogP contribution in [-0.2, 0) is 4.79 Å². The van der Waals surface area contributed by atoms with Crippen LogP contribution in [0.25, 0.3) is 0 Å². The van der Waals surface area contributed by atoms with Crippen LogP contribution >= 0.6 is 11.3 Å². The van der Waals surface area contributed by atoms with Gasteiger partial charge in [-0.05, 0) is 32.6 Å². The molecule has 1 aromatic heterocycles. The summed E-state index contributed by atoms with van der Waals surface area (Å²) in [4.78, 5) is 34.0. The normalized spacial score (nSPS) is 24.2. The first-order chi connectivity index (χ1) is 11.9. The number of likely N-dealkylation sites (tertiary alicyclic amines) is 2. The fourth-order valence-electron chi connectivity index (χ4n) is 4.13.